The number of carbonyl (C=O) groups excluding carboxylic acids is 1. The first-order valence-corrected chi connectivity index (χ1v) is 6.63. The van der Waals surface area contributed by atoms with Crippen LogP contribution in [0.1, 0.15) is 6.92 Å². The van der Waals surface area contributed by atoms with Crippen molar-refractivity contribution in [1.29, 1.82) is 0 Å². The van der Waals surface area contributed by atoms with Crippen molar-refractivity contribution in [2.75, 3.05) is 18.4 Å². The van der Waals surface area contributed by atoms with Crippen molar-refractivity contribution in [2.24, 2.45) is 0 Å². The van der Waals surface area contributed by atoms with E-state index in [1.165, 1.54) is 17.7 Å². The topological polar surface area (TPSA) is 41.1 Å². The average Bonchev–Trinajstić information content (AvgIpc) is 2.37. The molecule has 0 saturated heterocycles. The van der Waals surface area contributed by atoms with Crippen LogP contribution in [0.5, 0.6) is 0 Å². The molecule has 0 saturated carbocycles. The van der Waals surface area contributed by atoms with E-state index < -0.39 is 0 Å². The third kappa shape index (κ3) is 3.01. The van der Waals surface area contributed by atoms with E-state index in [2.05, 4.69) is 38.7 Å². The molecule has 0 aromatic heterocycles. The number of amides is 1. The Kier molecular flexibility index (Phi) is 4.20. The standard InChI is InChI=1S/C14H15BrN2O/c1-10(18)16-8-9-17-14-7-6-13(15)11-4-2-3-5-12(11)14/h2-7,17H,8-9H2,1H3,(H,16,18). The second-order valence-corrected chi connectivity index (χ2v) is 4.90. The van der Waals surface area contributed by atoms with Crippen molar-refractivity contribution in [3.63, 3.8) is 0 Å². The zero-order valence-electron chi connectivity index (χ0n) is 10.2. The van der Waals surface area contributed by atoms with Gasteiger partial charge in [0.2, 0.25) is 5.91 Å². The van der Waals surface area contributed by atoms with Gasteiger partial charge in [-0.25, -0.2) is 0 Å². The molecule has 0 atom stereocenters. The molecule has 0 aliphatic carbocycles. The lowest BCUT2D eigenvalue weighted by Crippen LogP contribution is -2.26. The molecule has 0 aliphatic rings. The number of benzene rings is 2. The maximum Gasteiger partial charge on any atom is 0.216 e. The zero-order valence-corrected chi connectivity index (χ0v) is 11.8. The molecule has 0 heterocycles. The normalized spacial score (nSPS) is 10.3. The Morgan fingerprint density at radius 2 is 1.83 bits per heavy atom. The summed E-state index contributed by atoms with van der Waals surface area (Å²) in [6.07, 6.45) is 0. The number of hydrogen-bond donors (Lipinski definition) is 2. The van der Waals surface area contributed by atoms with Crippen LogP contribution < -0.4 is 10.6 Å². The minimum atomic E-state index is -0.00235. The summed E-state index contributed by atoms with van der Waals surface area (Å²) in [5, 5.41) is 8.46. The van der Waals surface area contributed by atoms with Crippen molar-refractivity contribution in [1.82, 2.24) is 5.32 Å². The lowest BCUT2D eigenvalue weighted by Gasteiger charge is -2.11. The predicted molar refractivity (Wildman–Crippen MR) is 78.8 cm³/mol. The lowest BCUT2D eigenvalue weighted by atomic mass is 10.1. The maximum atomic E-state index is 10.8. The van der Waals surface area contributed by atoms with Crippen LogP contribution in [-0.4, -0.2) is 19.0 Å². The van der Waals surface area contributed by atoms with Crippen molar-refractivity contribution in [3.05, 3.63) is 40.9 Å². The van der Waals surface area contributed by atoms with Gasteiger partial charge in [0.15, 0.2) is 0 Å². The number of halogens is 1. The number of hydrogen-bond acceptors (Lipinski definition) is 2. The van der Waals surface area contributed by atoms with Crippen LogP contribution in [0.15, 0.2) is 40.9 Å². The van der Waals surface area contributed by atoms with Crippen molar-refractivity contribution in [3.8, 4) is 0 Å². The molecule has 0 fully saturated rings. The zero-order chi connectivity index (χ0) is 13.0. The summed E-state index contributed by atoms with van der Waals surface area (Å²) in [5.74, 6) is -0.00235. The quantitative estimate of drug-likeness (QED) is 0.852. The molecule has 0 bridgehead atoms. The number of fused-ring (bicyclic) bond motifs is 1. The Bertz CT molecular complexity index is 569. The molecule has 2 aromatic rings. The molecule has 94 valence electrons. The van der Waals surface area contributed by atoms with Crippen LogP contribution in [0.2, 0.25) is 0 Å². The molecular weight excluding hydrogens is 292 g/mol. The number of nitrogens with one attached hydrogen (secondary N) is 2. The SMILES string of the molecule is CC(=O)NCCNc1ccc(Br)c2ccccc12. The molecule has 0 spiro atoms. The highest BCUT2D eigenvalue weighted by molar-refractivity contribution is 9.10. The van der Waals surface area contributed by atoms with E-state index in [1.807, 2.05) is 24.3 Å². The molecule has 2 rings (SSSR count). The largest absolute Gasteiger partial charge is 0.383 e. The van der Waals surface area contributed by atoms with Gasteiger partial charge in [0.25, 0.3) is 0 Å². The van der Waals surface area contributed by atoms with Gasteiger partial charge in [-0.2, -0.15) is 0 Å². The van der Waals surface area contributed by atoms with Gasteiger partial charge < -0.3 is 10.6 Å². The Labute approximate surface area is 115 Å². The van der Waals surface area contributed by atoms with E-state index in [-0.39, 0.29) is 5.91 Å². The molecule has 4 heteroatoms. The number of rotatable bonds is 4. The summed E-state index contributed by atoms with van der Waals surface area (Å²) < 4.78 is 1.09. The first-order valence-electron chi connectivity index (χ1n) is 5.84. The number of carbonyl (C=O) groups is 1. The first-order chi connectivity index (χ1) is 8.68. The second-order valence-electron chi connectivity index (χ2n) is 4.05. The Morgan fingerprint density at radius 1 is 1.11 bits per heavy atom. The van der Waals surface area contributed by atoms with Crippen LogP contribution in [0, 0.1) is 0 Å². The molecule has 3 nitrogen and oxygen atoms in total. The summed E-state index contributed by atoms with van der Waals surface area (Å²) in [7, 11) is 0. The smallest absolute Gasteiger partial charge is 0.216 e. The Balaban J connectivity index is 2.14. The van der Waals surface area contributed by atoms with Crippen LogP contribution in [0.25, 0.3) is 10.8 Å². The van der Waals surface area contributed by atoms with Gasteiger partial charge in [0.1, 0.15) is 0 Å². The number of anilines is 1. The van der Waals surface area contributed by atoms with Gasteiger partial charge in [-0.3, -0.25) is 4.79 Å². The van der Waals surface area contributed by atoms with E-state index in [0.717, 1.165) is 10.2 Å². The van der Waals surface area contributed by atoms with Gasteiger partial charge in [-0.05, 0) is 17.5 Å². The van der Waals surface area contributed by atoms with E-state index >= 15 is 0 Å². The van der Waals surface area contributed by atoms with E-state index in [0.29, 0.717) is 13.1 Å². The van der Waals surface area contributed by atoms with Gasteiger partial charge in [0, 0.05) is 35.6 Å². The highest BCUT2D eigenvalue weighted by Crippen LogP contribution is 2.29. The van der Waals surface area contributed by atoms with Gasteiger partial charge >= 0.3 is 0 Å². The van der Waals surface area contributed by atoms with Gasteiger partial charge in [-0.15, -0.1) is 0 Å². The molecule has 0 radical (unpaired) electrons. The molecule has 18 heavy (non-hydrogen) atoms. The third-order valence-electron chi connectivity index (χ3n) is 2.69. The highest BCUT2D eigenvalue weighted by Gasteiger charge is 2.03. The molecular formula is C14H15BrN2O. The molecule has 0 aliphatic heterocycles. The van der Waals surface area contributed by atoms with Crippen LogP contribution in [-0.2, 0) is 4.79 Å². The van der Waals surface area contributed by atoms with Crippen molar-refractivity contribution in [2.45, 2.75) is 6.92 Å². The lowest BCUT2D eigenvalue weighted by molar-refractivity contribution is -0.118. The fourth-order valence-corrected chi connectivity index (χ4v) is 2.33. The summed E-state index contributed by atoms with van der Waals surface area (Å²) in [6, 6.07) is 12.3. The summed E-state index contributed by atoms with van der Waals surface area (Å²) in [5.41, 5.74) is 1.08. The first kappa shape index (κ1) is 12.9. The van der Waals surface area contributed by atoms with Gasteiger partial charge in [-0.1, -0.05) is 40.2 Å². The fraction of sp³-hybridized carbons (Fsp3) is 0.214. The van der Waals surface area contributed by atoms with Crippen molar-refractivity contribution < 1.29 is 4.79 Å². The van der Waals surface area contributed by atoms with E-state index in [4.69, 9.17) is 0 Å². The van der Waals surface area contributed by atoms with Crippen LogP contribution >= 0.6 is 15.9 Å². The maximum absolute atomic E-state index is 10.8. The molecule has 2 N–H and O–H groups in total. The third-order valence-corrected chi connectivity index (χ3v) is 3.38. The minimum absolute atomic E-state index is 0.00235. The second kappa shape index (κ2) is 5.87. The van der Waals surface area contributed by atoms with Crippen LogP contribution in [0.3, 0.4) is 0 Å². The monoisotopic (exact) mass is 306 g/mol. The predicted octanol–water partition coefficient (Wildman–Crippen LogP) is 3.15. The molecule has 1 amide bonds. The Hall–Kier alpha value is -1.55. The molecule has 0 unspecified atom stereocenters. The van der Waals surface area contributed by atoms with E-state index in [1.54, 1.807) is 0 Å². The van der Waals surface area contributed by atoms with Gasteiger partial charge in [0.05, 0.1) is 0 Å². The highest BCUT2D eigenvalue weighted by atomic mass is 79.9. The van der Waals surface area contributed by atoms with Crippen molar-refractivity contribution >= 4 is 38.3 Å². The fourth-order valence-electron chi connectivity index (χ4n) is 1.85. The van der Waals surface area contributed by atoms with Crippen LogP contribution in [0.4, 0.5) is 5.69 Å². The summed E-state index contributed by atoms with van der Waals surface area (Å²) in [4.78, 5) is 10.8. The van der Waals surface area contributed by atoms with E-state index in [9.17, 15) is 4.79 Å². The minimum Gasteiger partial charge on any atom is -0.383 e. The summed E-state index contributed by atoms with van der Waals surface area (Å²) >= 11 is 3.55. The average molecular weight is 307 g/mol. The Morgan fingerprint density at radius 3 is 2.56 bits per heavy atom. The summed E-state index contributed by atoms with van der Waals surface area (Å²) in [6.45, 7) is 2.86. The molecule has 2 aromatic carbocycles.